The van der Waals surface area contributed by atoms with Crippen molar-refractivity contribution in [2.24, 2.45) is 0 Å². The van der Waals surface area contributed by atoms with Gasteiger partial charge in [0.25, 0.3) is 5.79 Å². The number of aromatic hydroxyl groups is 1. The standard InChI is InChI=1S/C23H40O5.C3H4O2/c1-6-11-12-13-16-19-22(25-7-2,26-8-3)23(27-9-4,28-10-5)20-17-14-15-18-21(20)24;1-2-3(4)5/h14-15,17-18,24H,6-13,16,19H2,1-5H3;2H,1H2,(H,4,5). The Morgan fingerprint density at radius 1 is 0.879 bits per heavy atom. The van der Waals surface area contributed by atoms with Crippen LogP contribution in [0.3, 0.4) is 0 Å². The molecule has 1 aromatic carbocycles. The van der Waals surface area contributed by atoms with E-state index in [0.717, 1.165) is 18.9 Å². The molecule has 0 heterocycles. The average molecular weight is 469 g/mol. The highest BCUT2D eigenvalue weighted by molar-refractivity contribution is 5.78. The summed E-state index contributed by atoms with van der Waals surface area (Å²) in [6, 6.07) is 7.12. The maximum Gasteiger partial charge on any atom is 0.327 e. The van der Waals surface area contributed by atoms with E-state index in [9.17, 15) is 9.90 Å². The second-order valence-electron chi connectivity index (χ2n) is 7.33. The molecule has 7 nitrogen and oxygen atoms in total. The van der Waals surface area contributed by atoms with Crippen molar-refractivity contribution in [3.05, 3.63) is 42.5 Å². The second-order valence-corrected chi connectivity index (χ2v) is 7.33. The van der Waals surface area contributed by atoms with Crippen LogP contribution in [0, 0.1) is 0 Å². The Balaban J connectivity index is 0.00000184. The van der Waals surface area contributed by atoms with Crippen molar-refractivity contribution in [2.75, 3.05) is 26.4 Å². The van der Waals surface area contributed by atoms with Gasteiger partial charge < -0.3 is 29.2 Å². The predicted octanol–water partition coefficient (Wildman–Crippen LogP) is 6.00. The average Bonchev–Trinajstić information content (AvgIpc) is 2.79. The molecular formula is C26H44O7. The Morgan fingerprint density at radius 3 is 1.79 bits per heavy atom. The Morgan fingerprint density at radius 2 is 1.36 bits per heavy atom. The normalized spacial score (nSPS) is 11.5. The first-order chi connectivity index (χ1) is 15.8. The van der Waals surface area contributed by atoms with E-state index >= 15 is 0 Å². The van der Waals surface area contributed by atoms with Gasteiger partial charge in [0.05, 0.1) is 5.56 Å². The first kappa shape index (κ1) is 31.1. The van der Waals surface area contributed by atoms with Crippen LogP contribution in [0.4, 0.5) is 0 Å². The number of carboxylic acids is 1. The minimum atomic E-state index is -1.35. The third-order valence-corrected chi connectivity index (χ3v) is 4.99. The van der Waals surface area contributed by atoms with Crippen molar-refractivity contribution in [3.63, 3.8) is 0 Å². The molecule has 7 heteroatoms. The van der Waals surface area contributed by atoms with E-state index in [1.54, 1.807) is 12.1 Å². The fraction of sp³-hybridized carbons (Fsp3) is 0.654. The first-order valence-electron chi connectivity index (χ1n) is 12.0. The highest BCUT2D eigenvalue weighted by Crippen LogP contribution is 2.47. The minimum Gasteiger partial charge on any atom is -0.507 e. The maximum atomic E-state index is 10.7. The van der Waals surface area contributed by atoms with E-state index in [-0.39, 0.29) is 5.75 Å². The monoisotopic (exact) mass is 468 g/mol. The number of hydrogen-bond acceptors (Lipinski definition) is 6. The summed E-state index contributed by atoms with van der Waals surface area (Å²) in [4.78, 5) is 9.25. The SMILES string of the molecule is C=CC(=O)O.CCCCCCCC(OCC)(OCC)C(OCC)(OCC)c1ccccc1O. The Bertz CT molecular complexity index is 648. The number of unbranched alkanes of at least 4 members (excludes halogenated alkanes) is 4. The molecule has 1 rings (SSSR count). The van der Waals surface area contributed by atoms with Crippen molar-refractivity contribution in [1.82, 2.24) is 0 Å². The van der Waals surface area contributed by atoms with Gasteiger partial charge in [-0.3, -0.25) is 0 Å². The van der Waals surface area contributed by atoms with Crippen molar-refractivity contribution in [3.8, 4) is 5.75 Å². The van der Waals surface area contributed by atoms with E-state index in [1.807, 2.05) is 39.8 Å². The van der Waals surface area contributed by atoms with Crippen LogP contribution in [0.25, 0.3) is 0 Å². The van der Waals surface area contributed by atoms with E-state index in [1.165, 1.54) is 19.3 Å². The van der Waals surface area contributed by atoms with Crippen LogP contribution >= 0.6 is 0 Å². The molecule has 0 aliphatic rings. The molecule has 0 atom stereocenters. The van der Waals surface area contributed by atoms with Crippen LogP contribution in [0.15, 0.2) is 36.9 Å². The summed E-state index contributed by atoms with van der Waals surface area (Å²) >= 11 is 0. The predicted molar refractivity (Wildman–Crippen MR) is 130 cm³/mol. The molecular weight excluding hydrogens is 424 g/mol. The molecule has 0 aliphatic carbocycles. The highest BCUT2D eigenvalue weighted by atomic mass is 16.8. The number of carbonyl (C=O) groups is 1. The molecule has 33 heavy (non-hydrogen) atoms. The smallest absolute Gasteiger partial charge is 0.327 e. The van der Waals surface area contributed by atoms with Crippen molar-refractivity contribution >= 4 is 5.97 Å². The van der Waals surface area contributed by atoms with Gasteiger partial charge >= 0.3 is 5.97 Å². The van der Waals surface area contributed by atoms with Gasteiger partial charge in [-0.05, 0) is 46.2 Å². The lowest BCUT2D eigenvalue weighted by atomic mass is 9.90. The number of aliphatic carboxylic acids is 1. The number of benzene rings is 1. The van der Waals surface area contributed by atoms with Gasteiger partial charge in [-0.2, -0.15) is 0 Å². The molecule has 0 aromatic heterocycles. The molecule has 2 N–H and O–H groups in total. The summed E-state index contributed by atoms with van der Waals surface area (Å²) in [5.41, 5.74) is 0.536. The van der Waals surface area contributed by atoms with E-state index in [0.29, 0.717) is 38.4 Å². The maximum absolute atomic E-state index is 10.7. The third kappa shape index (κ3) is 9.45. The minimum absolute atomic E-state index is 0.110. The van der Waals surface area contributed by atoms with Crippen LogP contribution in [0.5, 0.6) is 5.75 Å². The lowest BCUT2D eigenvalue weighted by molar-refractivity contribution is -0.420. The zero-order chi connectivity index (χ0) is 25.2. The summed E-state index contributed by atoms with van der Waals surface area (Å²) in [6.07, 6.45) is 7.06. The molecule has 0 unspecified atom stereocenters. The molecule has 0 bridgehead atoms. The number of phenols is 1. The van der Waals surface area contributed by atoms with E-state index in [4.69, 9.17) is 24.1 Å². The lowest BCUT2D eigenvalue weighted by Crippen LogP contribution is -2.59. The van der Waals surface area contributed by atoms with E-state index < -0.39 is 17.5 Å². The van der Waals surface area contributed by atoms with E-state index in [2.05, 4.69) is 13.5 Å². The van der Waals surface area contributed by atoms with Gasteiger partial charge in [0.1, 0.15) is 5.75 Å². The topological polar surface area (TPSA) is 94.5 Å². The fourth-order valence-corrected chi connectivity index (χ4v) is 3.75. The number of para-hydroxylation sites is 1. The molecule has 0 spiro atoms. The largest absolute Gasteiger partial charge is 0.507 e. The molecule has 0 saturated heterocycles. The highest BCUT2D eigenvalue weighted by Gasteiger charge is 2.58. The first-order valence-corrected chi connectivity index (χ1v) is 12.0. The summed E-state index contributed by atoms with van der Waals surface area (Å²) in [5, 5.41) is 18.3. The third-order valence-electron chi connectivity index (χ3n) is 4.99. The van der Waals surface area contributed by atoms with Gasteiger partial charge in [-0.25, -0.2) is 4.79 Å². The van der Waals surface area contributed by atoms with Gasteiger partial charge in [-0.1, -0.05) is 51.3 Å². The fourth-order valence-electron chi connectivity index (χ4n) is 3.75. The Kier molecular flexibility index (Phi) is 16.5. The zero-order valence-electron chi connectivity index (χ0n) is 21.1. The van der Waals surface area contributed by atoms with Crippen molar-refractivity contribution in [2.45, 2.75) is 84.7 Å². The van der Waals surface area contributed by atoms with Crippen LogP contribution in [-0.2, 0) is 29.5 Å². The van der Waals surface area contributed by atoms with Crippen molar-refractivity contribution < 1.29 is 34.0 Å². The number of ether oxygens (including phenoxy) is 4. The summed E-state index contributed by atoms with van der Waals surface area (Å²) in [6.45, 7) is 14.6. The number of hydrogen-bond donors (Lipinski definition) is 2. The Hall–Kier alpha value is -1.93. The molecule has 0 amide bonds. The lowest BCUT2D eigenvalue weighted by Gasteiger charge is -2.48. The Labute approximate surface area is 199 Å². The molecule has 0 saturated carbocycles. The number of phenolic OH excluding ortho intramolecular Hbond substituents is 1. The summed E-state index contributed by atoms with van der Waals surface area (Å²) < 4.78 is 25.1. The quantitative estimate of drug-likeness (QED) is 0.164. The molecule has 190 valence electrons. The molecule has 0 radical (unpaired) electrons. The second kappa shape index (κ2) is 17.5. The molecule has 1 aromatic rings. The van der Waals surface area contributed by atoms with Crippen LogP contribution in [0.1, 0.15) is 78.7 Å². The van der Waals surface area contributed by atoms with Gasteiger partial charge in [0.2, 0.25) is 5.79 Å². The summed E-state index contributed by atoms with van der Waals surface area (Å²) in [7, 11) is 0. The van der Waals surface area contributed by atoms with Gasteiger partial charge in [-0.15, -0.1) is 0 Å². The number of carboxylic acid groups (broad SMARTS) is 1. The zero-order valence-corrected chi connectivity index (χ0v) is 21.1. The van der Waals surface area contributed by atoms with Crippen molar-refractivity contribution in [1.29, 1.82) is 0 Å². The molecule has 0 fully saturated rings. The van der Waals surface area contributed by atoms with Crippen LogP contribution in [0.2, 0.25) is 0 Å². The van der Waals surface area contributed by atoms with Crippen LogP contribution < -0.4 is 0 Å². The van der Waals surface area contributed by atoms with Gasteiger partial charge in [0, 0.05) is 38.9 Å². The molecule has 0 aliphatic heterocycles. The van der Waals surface area contributed by atoms with Gasteiger partial charge in [0.15, 0.2) is 0 Å². The number of rotatable bonds is 17. The summed E-state index contributed by atoms with van der Waals surface area (Å²) in [5.74, 6) is -3.37. The van der Waals surface area contributed by atoms with Crippen LogP contribution in [-0.4, -0.2) is 48.4 Å².